The summed E-state index contributed by atoms with van der Waals surface area (Å²) >= 11 is 0. The third-order valence-electron chi connectivity index (χ3n) is 3.52. The van der Waals surface area contributed by atoms with Crippen LogP contribution in [0.25, 0.3) is 0 Å². The lowest BCUT2D eigenvalue weighted by molar-refractivity contribution is -0.246. The third kappa shape index (κ3) is 3.59. The number of hydrogen-bond acceptors (Lipinski definition) is 3. The molecule has 0 saturated carbocycles. The Hall–Kier alpha value is -1.93. The van der Waals surface area contributed by atoms with Crippen molar-refractivity contribution in [2.24, 2.45) is 0 Å². The molecule has 2 rings (SSSR count). The van der Waals surface area contributed by atoms with Crippen molar-refractivity contribution in [3.63, 3.8) is 0 Å². The van der Waals surface area contributed by atoms with Gasteiger partial charge in [0.15, 0.2) is 0 Å². The average Bonchev–Trinajstić information content (AvgIpc) is 2.46. The largest absolute Gasteiger partial charge is 0.422 e. The van der Waals surface area contributed by atoms with Crippen molar-refractivity contribution >= 4 is 10.1 Å². The summed E-state index contributed by atoms with van der Waals surface area (Å²) in [5.74, 6) is -0.746. The van der Waals surface area contributed by atoms with Gasteiger partial charge in [-0.25, -0.2) is 8.57 Å². The maximum Gasteiger partial charge on any atom is 0.422 e. The smallest absolute Gasteiger partial charge is 0.245 e. The van der Waals surface area contributed by atoms with Crippen molar-refractivity contribution in [2.45, 2.75) is 30.5 Å². The van der Waals surface area contributed by atoms with Crippen LogP contribution < -0.4 is 0 Å². The maximum absolute atomic E-state index is 13.5. The molecule has 0 aliphatic rings. The monoisotopic (exact) mass is 362 g/mol. The lowest BCUT2D eigenvalue weighted by Gasteiger charge is -2.31. The Labute approximate surface area is 137 Å². The molecule has 130 valence electrons. The van der Waals surface area contributed by atoms with Crippen LogP contribution in [0.1, 0.15) is 18.1 Å². The zero-order chi connectivity index (χ0) is 18.2. The third-order valence-corrected chi connectivity index (χ3v) is 4.92. The van der Waals surface area contributed by atoms with Crippen molar-refractivity contribution in [1.82, 2.24) is 0 Å². The summed E-state index contributed by atoms with van der Waals surface area (Å²) in [7, 11) is -4.69. The Morgan fingerprint density at radius 1 is 0.917 bits per heavy atom. The van der Waals surface area contributed by atoms with Crippen LogP contribution in [0.5, 0.6) is 0 Å². The predicted octanol–water partition coefficient (Wildman–Crippen LogP) is 4.32. The molecule has 0 amide bonds. The van der Waals surface area contributed by atoms with Crippen LogP contribution in [-0.4, -0.2) is 14.6 Å². The summed E-state index contributed by atoms with van der Waals surface area (Å²) in [6.07, 6.45) is -5.04. The van der Waals surface area contributed by atoms with Gasteiger partial charge >= 0.3 is 6.18 Å². The SMILES string of the molecule is Cc1ccc(S(=O)(=O)OC(C)(c2ccc(F)cc2)C(F)(F)F)cc1. The van der Waals surface area contributed by atoms with Gasteiger partial charge in [-0.2, -0.15) is 21.6 Å². The van der Waals surface area contributed by atoms with Crippen LogP contribution in [0, 0.1) is 12.7 Å². The van der Waals surface area contributed by atoms with Gasteiger partial charge in [-0.3, -0.25) is 0 Å². The molecule has 0 aromatic heterocycles. The lowest BCUT2D eigenvalue weighted by Crippen LogP contribution is -2.43. The van der Waals surface area contributed by atoms with Gasteiger partial charge in [0, 0.05) is 0 Å². The molecule has 0 radical (unpaired) electrons. The Kier molecular flexibility index (Phi) is 4.74. The van der Waals surface area contributed by atoms with Gasteiger partial charge in [-0.1, -0.05) is 29.8 Å². The van der Waals surface area contributed by atoms with E-state index in [0.29, 0.717) is 6.92 Å². The molecule has 0 N–H and O–H groups in total. The molecule has 0 spiro atoms. The van der Waals surface area contributed by atoms with E-state index in [9.17, 15) is 26.0 Å². The minimum absolute atomic E-state index is 0.398. The number of hydrogen-bond donors (Lipinski definition) is 0. The van der Waals surface area contributed by atoms with Crippen molar-refractivity contribution < 1.29 is 30.2 Å². The van der Waals surface area contributed by atoms with E-state index < -0.39 is 38.2 Å². The highest BCUT2D eigenvalue weighted by molar-refractivity contribution is 7.86. The molecular formula is C16H14F4O3S. The fraction of sp³-hybridized carbons (Fsp3) is 0.250. The second-order valence-electron chi connectivity index (χ2n) is 5.39. The van der Waals surface area contributed by atoms with E-state index in [1.165, 1.54) is 12.1 Å². The molecule has 0 aliphatic heterocycles. The van der Waals surface area contributed by atoms with Gasteiger partial charge in [-0.05, 0) is 43.7 Å². The van der Waals surface area contributed by atoms with Crippen LogP contribution >= 0.6 is 0 Å². The minimum atomic E-state index is -5.04. The first kappa shape index (κ1) is 18.4. The molecule has 2 aromatic carbocycles. The second-order valence-corrected chi connectivity index (χ2v) is 6.93. The Bertz CT molecular complexity index is 812. The summed E-state index contributed by atoms with van der Waals surface area (Å²) in [6, 6.07) is 8.50. The molecule has 0 bridgehead atoms. The summed E-state index contributed by atoms with van der Waals surface area (Å²) in [5, 5.41) is 0. The second kappa shape index (κ2) is 6.18. The summed E-state index contributed by atoms with van der Waals surface area (Å²) in [6.45, 7) is 2.29. The molecule has 0 heterocycles. The van der Waals surface area contributed by atoms with Crippen molar-refractivity contribution in [1.29, 1.82) is 0 Å². The average molecular weight is 362 g/mol. The summed E-state index contributed by atoms with van der Waals surface area (Å²) in [4.78, 5) is -0.398. The molecule has 1 unspecified atom stereocenters. The molecular weight excluding hydrogens is 348 g/mol. The van der Waals surface area contributed by atoms with Crippen molar-refractivity contribution in [2.75, 3.05) is 0 Å². The quantitative estimate of drug-likeness (QED) is 0.601. The molecule has 8 heteroatoms. The standard InChI is InChI=1S/C16H14F4O3S/c1-11-3-9-14(10-4-11)24(21,22)23-15(2,16(18,19)20)12-5-7-13(17)8-6-12/h3-10H,1-2H3. The summed E-state index contributed by atoms with van der Waals surface area (Å²) in [5.41, 5.74) is -2.93. The van der Waals surface area contributed by atoms with E-state index in [-0.39, 0.29) is 0 Å². The van der Waals surface area contributed by atoms with Gasteiger partial charge in [0.05, 0.1) is 4.90 Å². The highest BCUT2D eigenvalue weighted by atomic mass is 32.2. The van der Waals surface area contributed by atoms with E-state index in [4.69, 9.17) is 0 Å². The number of benzene rings is 2. The minimum Gasteiger partial charge on any atom is -0.245 e. The normalized spacial score (nSPS) is 15.1. The first-order valence-corrected chi connectivity index (χ1v) is 8.22. The molecule has 3 nitrogen and oxygen atoms in total. The van der Waals surface area contributed by atoms with E-state index in [0.717, 1.165) is 42.0 Å². The van der Waals surface area contributed by atoms with Crippen LogP contribution in [0.2, 0.25) is 0 Å². The number of alkyl halides is 3. The number of aryl methyl sites for hydroxylation is 1. The Morgan fingerprint density at radius 3 is 1.88 bits per heavy atom. The number of halogens is 4. The van der Waals surface area contributed by atoms with Crippen LogP contribution in [0.3, 0.4) is 0 Å². The molecule has 1 atom stereocenters. The molecule has 0 fully saturated rings. The predicted molar refractivity (Wildman–Crippen MR) is 79.3 cm³/mol. The topological polar surface area (TPSA) is 43.4 Å². The fourth-order valence-corrected chi connectivity index (χ4v) is 3.19. The van der Waals surface area contributed by atoms with Crippen LogP contribution in [0.4, 0.5) is 17.6 Å². The highest BCUT2D eigenvalue weighted by Gasteiger charge is 2.56. The Morgan fingerprint density at radius 2 is 1.42 bits per heavy atom. The highest BCUT2D eigenvalue weighted by Crippen LogP contribution is 2.44. The van der Waals surface area contributed by atoms with E-state index in [1.54, 1.807) is 6.92 Å². The zero-order valence-electron chi connectivity index (χ0n) is 12.8. The first-order chi connectivity index (χ1) is 11.0. The zero-order valence-corrected chi connectivity index (χ0v) is 13.6. The molecule has 24 heavy (non-hydrogen) atoms. The van der Waals surface area contributed by atoms with Gasteiger partial charge in [0.25, 0.3) is 10.1 Å². The first-order valence-electron chi connectivity index (χ1n) is 6.81. The van der Waals surface area contributed by atoms with Gasteiger partial charge in [0.1, 0.15) is 5.82 Å². The van der Waals surface area contributed by atoms with Crippen molar-refractivity contribution in [3.05, 3.63) is 65.5 Å². The van der Waals surface area contributed by atoms with Crippen molar-refractivity contribution in [3.8, 4) is 0 Å². The Balaban J connectivity index is 2.50. The maximum atomic E-state index is 13.5. The van der Waals surface area contributed by atoms with Gasteiger partial charge in [0.2, 0.25) is 5.60 Å². The van der Waals surface area contributed by atoms with Crippen LogP contribution in [0.15, 0.2) is 53.4 Å². The van der Waals surface area contributed by atoms with Crippen LogP contribution in [-0.2, 0) is 19.9 Å². The lowest BCUT2D eigenvalue weighted by atomic mass is 9.95. The van der Waals surface area contributed by atoms with E-state index in [2.05, 4.69) is 4.18 Å². The van der Waals surface area contributed by atoms with E-state index >= 15 is 0 Å². The number of rotatable bonds is 4. The van der Waals surface area contributed by atoms with Gasteiger partial charge in [-0.15, -0.1) is 0 Å². The summed E-state index contributed by atoms with van der Waals surface area (Å²) < 4.78 is 82.6. The molecule has 2 aromatic rings. The van der Waals surface area contributed by atoms with E-state index in [1.807, 2.05) is 0 Å². The fourth-order valence-electron chi connectivity index (χ4n) is 2.00. The van der Waals surface area contributed by atoms with Gasteiger partial charge < -0.3 is 0 Å². The molecule has 0 aliphatic carbocycles. The molecule has 0 saturated heterocycles.